The Kier molecular flexibility index (Phi) is 3.00. The van der Waals surface area contributed by atoms with Crippen molar-refractivity contribution in [3.05, 3.63) is 40.4 Å². The minimum Gasteiger partial charge on any atom is -0.368 e. The molecule has 0 saturated heterocycles. The molecule has 3 N–H and O–H groups in total. The molecular formula is C10H11FN4S. The molecule has 1 aromatic heterocycles. The lowest BCUT2D eigenvalue weighted by Gasteiger charge is -2.03. The largest absolute Gasteiger partial charge is 0.368 e. The molecular weight excluding hydrogens is 227 g/mol. The zero-order chi connectivity index (χ0) is 11.5. The maximum Gasteiger partial charge on any atom is 0.220 e. The average Bonchev–Trinajstić information content (AvgIpc) is 2.56. The predicted octanol–water partition coefficient (Wildman–Crippen LogP) is 1.90. The summed E-state index contributed by atoms with van der Waals surface area (Å²) in [6.07, 6.45) is 0.662. The fourth-order valence-electron chi connectivity index (χ4n) is 1.48. The van der Waals surface area contributed by atoms with E-state index in [1.54, 1.807) is 10.6 Å². The van der Waals surface area contributed by atoms with E-state index in [0.717, 1.165) is 5.56 Å². The van der Waals surface area contributed by atoms with Crippen molar-refractivity contribution in [1.29, 1.82) is 0 Å². The number of aromatic nitrogens is 3. The summed E-state index contributed by atoms with van der Waals surface area (Å²) in [5, 5.41) is 6.40. The van der Waals surface area contributed by atoms with Crippen molar-refractivity contribution in [2.45, 2.75) is 13.0 Å². The Hall–Kier alpha value is -1.69. The van der Waals surface area contributed by atoms with E-state index in [-0.39, 0.29) is 5.82 Å². The summed E-state index contributed by atoms with van der Waals surface area (Å²) in [5.74, 6) is 0.114. The number of aromatic amines is 1. The molecule has 0 aliphatic heterocycles. The second kappa shape index (κ2) is 4.44. The molecule has 1 heterocycles. The molecule has 0 aliphatic carbocycles. The molecule has 0 radical (unpaired) electrons. The summed E-state index contributed by atoms with van der Waals surface area (Å²) >= 11 is 5.00. The molecule has 16 heavy (non-hydrogen) atoms. The molecule has 0 unspecified atom stereocenters. The number of nitrogen functional groups attached to an aromatic ring is 1. The third-order valence-corrected chi connectivity index (χ3v) is 2.61. The van der Waals surface area contributed by atoms with Crippen LogP contribution >= 0.6 is 12.2 Å². The van der Waals surface area contributed by atoms with E-state index in [4.69, 9.17) is 18.0 Å². The molecule has 0 amide bonds. The van der Waals surface area contributed by atoms with Gasteiger partial charge in [-0.15, -0.1) is 5.10 Å². The molecule has 0 atom stereocenters. The lowest BCUT2D eigenvalue weighted by Crippen LogP contribution is -2.06. The van der Waals surface area contributed by atoms with Crippen molar-refractivity contribution < 1.29 is 4.39 Å². The van der Waals surface area contributed by atoms with Gasteiger partial charge < -0.3 is 5.73 Å². The molecule has 4 nitrogen and oxygen atoms in total. The second-order valence-electron chi connectivity index (χ2n) is 3.42. The van der Waals surface area contributed by atoms with Crippen LogP contribution in [-0.2, 0) is 13.0 Å². The van der Waals surface area contributed by atoms with E-state index in [2.05, 4.69) is 10.2 Å². The number of H-pyrrole nitrogens is 1. The highest BCUT2D eigenvalue weighted by atomic mass is 32.1. The summed E-state index contributed by atoms with van der Waals surface area (Å²) in [6.45, 7) is 0.588. The van der Waals surface area contributed by atoms with E-state index in [1.165, 1.54) is 12.1 Å². The van der Waals surface area contributed by atoms with Gasteiger partial charge in [0.15, 0.2) is 4.77 Å². The average molecular weight is 238 g/mol. The minimum atomic E-state index is -0.235. The lowest BCUT2D eigenvalue weighted by molar-refractivity contribution is 0.621. The normalized spacial score (nSPS) is 10.6. The Morgan fingerprint density at radius 1 is 1.50 bits per heavy atom. The standard InChI is InChI=1S/C10H11FN4S/c11-8-3-1-2-7(6-8)4-5-15-9(12)13-14-10(15)16/h1-3,6H,4-5H2,(H2,12,13)(H,14,16). The summed E-state index contributed by atoms with van der Waals surface area (Å²) in [5.41, 5.74) is 6.52. The molecule has 0 bridgehead atoms. The highest BCUT2D eigenvalue weighted by molar-refractivity contribution is 7.71. The Morgan fingerprint density at radius 3 is 2.94 bits per heavy atom. The first-order valence-electron chi connectivity index (χ1n) is 4.82. The molecule has 0 fully saturated rings. The quantitative estimate of drug-likeness (QED) is 0.803. The van der Waals surface area contributed by atoms with Crippen LogP contribution in [0.1, 0.15) is 5.56 Å². The van der Waals surface area contributed by atoms with Gasteiger partial charge in [0.05, 0.1) is 0 Å². The highest BCUT2D eigenvalue weighted by Gasteiger charge is 2.02. The molecule has 0 saturated carbocycles. The molecule has 84 valence electrons. The number of nitrogens with two attached hydrogens (primary N) is 1. The first-order chi connectivity index (χ1) is 7.66. The smallest absolute Gasteiger partial charge is 0.220 e. The number of nitrogens with zero attached hydrogens (tertiary/aromatic N) is 2. The fourth-order valence-corrected chi connectivity index (χ4v) is 1.71. The van der Waals surface area contributed by atoms with Gasteiger partial charge in [-0.2, -0.15) is 0 Å². The van der Waals surface area contributed by atoms with Crippen LogP contribution in [0.4, 0.5) is 10.3 Å². The lowest BCUT2D eigenvalue weighted by atomic mass is 10.1. The first kappa shape index (κ1) is 10.8. The number of hydrogen-bond acceptors (Lipinski definition) is 3. The molecule has 6 heteroatoms. The highest BCUT2D eigenvalue weighted by Crippen LogP contribution is 2.07. The topological polar surface area (TPSA) is 59.6 Å². The Labute approximate surface area is 96.9 Å². The van der Waals surface area contributed by atoms with E-state index in [0.29, 0.717) is 23.7 Å². The molecule has 1 aromatic carbocycles. The van der Waals surface area contributed by atoms with Crippen molar-refractivity contribution in [3.63, 3.8) is 0 Å². The van der Waals surface area contributed by atoms with Gasteiger partial charge in [0.25, 0.3) is 0 Å². The van der Waals surface area contributed by atoms with Crippen LogP contribution in [0.5, 0.6) is 0 Å². The van der Waals surface area contributed by atoms with E-state index < -0.39 is 0 Å². The van der Waals surface area contributed by atoms with Gasteiger partial charge in [-0.1, -0.05) is 12.1 Å². The first-order valence-corrected chi connectivity index (χ1v) is 5.23. The maximum absolute atomic E-state index is 12.9. The van der Waals surface area contributed by atoms with Gasteiger partial charge >= 0.3 is 0 Å². The van der Waals surface area contributed by atoms with Crippen LogP contribution in [0.2, 0.25) is 0 Å². The molecule has 0 aliphatic rings. The molecule has 2 aromatic rings. The van der Waals surface area contributed by atoms with Crippen LogP contribution in [0.3, 0.4) is 0 Å². The van der Waals surface area contributed by atoms with Crippen LogP contribution in [-0.4, -0.2) is 14.8 Å². The van der Waals surface area contributed by atoms with Crippen LogP contribution < -0.4 is 5.73 Å². The number of hydrogen-bond donors (Lipinski definition) is 2. The van der Waals surface area contributed by atoms with E-state index >= 15 is 0 Å². The van der Waals surface area contributed by atoms with Gasteiger partial charge in [-0.25, -0.2) is 9.49 Å². The van der Waals surface area contributed by atoms with Crippen molar-refractivity contribution in [3.8, 4) is 0 Å². The summed E-state index contributed by atoms with van der Waals surface area (Å²) < 4.78 is 15.1. The summed E-state index contributed by atoms with van der Waals surface area (Å²) in [7, 11) is 0. The SMILES string of the molecule is Nc1n[nH]c(=S)n1CCc1cccc(F)c1. The third-order valence-electron chi connectivity index (χ3n) is 2.30. The monoisotopic (exact) mass is 238 g/mol. The summed E-state index contributed by atoms with van der Waals surface area (Å²) in [6, 6.07) is 6.47. The summed E-state index contributed by atoms with van der Waals surface area (Å²) in [4.78, 5) is 0. The number of rotatable bonds is 3. The van der Waals surface area contributed by atoms with Crippen LogP contribution in [0.25, 0.3) is 0 Å². The van der Waals surface area contributed by atoms with Crippen LogP contribution in [0, 0.1) is 10.6 Å². The second-order valence-corrected chi connectivity index (χ2v) is 3.81. The Morgan fingerprint density at radius 2 is 2.31 bits per heavy atom. The van der Waals surface area contributed by atoms with E-state index in [1.807, 2.05) is 6.07 Å². The number of aryl methyl sites for hydroxylation is 1. The Bertz CT molecular complexity index is 546. The third kappa shape index (κ3) is 2.27. The minimum absolute atomic E-state index is 0.235. The molecule has 2 rings (SSSR count). The van der Waals surface area contributed by atoms with Gasteiger partial charge in [0.2, 0.25) is 5.95 Å². The van der Waals surface area contributed by atoms with E-state index in [9.17, 15) is 4.39 Å². The number of anilines is 1. The van der Waals surface area contributed by atoms with Gasteiger partial charge in [0, 0.05) is 6.54 Å². The van der Waals surface area contributed by atoms with Gasteiger partial charge in [-0.3, -0.25) is 4.57 Å². The Balaban J connectivity index is 2.11. The van der Waals surface area contributed by atoms with Crippen molar-refractivity contribution in [1.82, 2.24) is 14.8 Å². The van der Waals surface area contributed by atoms with Crippen molar-refractivity contribution in [2.75, 3.05) is 5.73 Å². The van der Waals surface area contributed by atoms with Gasteiger partial charge in [-0.05, 0) is 36.3 Å². The molecule has 0 spiro atoms. The zero-order valence-corrected chi connectivity index (χ0v) is 9.30. The van der Waals surface area contributed by atoms with Crippen molar-refractivity contribution in [2.24, 2.45) is 0 Å². The number of benzene rings is 1. The zero-order valence-electron chi connectivity index (χ0n) is 8.48. The van der Waals surface area contributed by atoms with Crippen LogP contribution in [0.15, 0.2) is 24.3 Å². The maximum atomic E-state index is 12.9. The number of nitrogens with one attached hydrogen (secondary N) is 1. The predicted molar refractivity (Wildman–Crippen MR) is 61.9 cm³/mol. The fraction of sp³-hybridized carbons (Fsp3) is 0.200. The van der Waals surface area contributed by atoms with Crippen molar-refractivity contribution >= 4 is 18.2 Å². The number of halogens is 1. The van der Waals surface area contributed by atoms with Gasteiger partial charge in [0.1, 0.15) is 5.82 Å².